The lowest BCUT2D eigenvalue weighted by Gasteiger charge is -2.35. The first-order valence-corrected chi connectivity index (χ1v) is 8.67. The van der Waals surface area contributed by atoms with Gasteiger partial charge in [-0.15, -0.1) is 0 Å². The number of halogens is 1. The van der Waals surface area contributed by atoms with E-state index in [-0.39, 0.29) is 11.7 Å². The Morgan fingerprint density at radius 3 is 2.41 bits per heavy atom. The number of anilines is 1. The molecule has 0 radical (unpaired) electrons. The molecule has 138 valence electrons. The van der Waals surface area contributed by atoms with Crippen molar-refractivity contribution in [2.45, 2.75) is 6.92 Å². The zero-order chi connectivity index (χ0) is 18.8. The number of aryl methyl sites for hydroxylation is 1. The number of carbonyl (C=O) groups is 1. The largest absolute Gasteiger partial charge is 0.353 e. The second kappa shape index (κ2) is 7.14. The molecule has 0 spiro atoms. The predicted octanol–water partition coefficient (Wildman–Crippen LogP) is 2.54. The van der Waals surface area contributed by atoms with Crippen molar-refractivity contribution in [3.8, 4) is 11.4 Å². The van der Waals surface area contributed by atoms with E-state index in [1.165, 1.54) is 24.3 Å². The van der Waals surface area contributed by atoms with Crippen LogP contribution in [0, 0.1) is 12.7 Å². The molecule has 0 unspecified atom stereocenters. The Morgan fingerprint density at radius 1 is 1.07 bits per heavy atom. The van der Waals surface area contributed by atoms with Gasteiger partial charge in [-0.3, -0.25) is 4.79 Å². The van der Waals surface area contributed by atoms with Crippen molar-refractivity contribution in [2.75, 3.05) is 31.1 Å². The van der Waals surface area contributed by atoms with E-state index in [4.69, 9.17) is 4.52 Å². The quantitative estimate of drug-likeness (QED) is 0.708. The third-order valence-corrected chi connectivity index (χ3v) is 4.52. The maximum atomic E-state index is 13.0. The van der Waals surface area contributed by atoms with Gasteiger partial charge in [-0.05, 0) is 36.4 Å². The molecule has 27 heavy (non-hydrogen) atoms. The molecule has 0 bridgehead atoms. The Bertz CT molecular complexity index is 931. The Hall–Kier alpha value is -3.29. The molecule has 0 N–H and O–H groups in total. The molecule has 7 nitrogen and oxygen atoms in total. The molecule has 1 saturated heterocycles. The van der Waals surface area contributed by atoms with Gasteiger partial charge in [0.15, 0.2) is 0 Å². The van der Waals surface area contributed by atoms with Crippen LogP contribution in [0.5, 0.6) is 0 Å². The zero-order valence-corrected chi connectivity index (χ0v) is 14.8. The molecule has 1 aromatic carbocycles. The third-order valence-electron chi connectivity index (χ3n) is 4.52. The van der Waals surface area contributed by atoms with Crippen LogP contribution in [0.25, 0.3) is 11.4 Å². The molecule has 3 heterocycles. The smallest absolute Gasteiger partial charge is 0.253 e. The summed E-state index contributed by atoms with van der Waals surface area (Å²) in [4.78, 5) is 25.1. The standard InChI is InChI=1S/C19H18FN5O2/c1-13-22-18(23-27-13)15-4-7-17(21-12-15)24-8-10-25(11-9-24)19(26)14-2-5-16(20)6-3-14/h2-7,12H,8-11H2,1H3. The van der Waals surface area contributed by atoms with Crippen molar-refractivity contribution in [1.82, 2.24) is 20.0 Å². The monoisotopic (exact) mass is 367 g/mol. The summed E-state index contributed by atoms with van der Waals surface area (Å²) in [6.45, 7) is 4.28. The summed E-state index contributed by atoms with van der Waals surface area (Å²) in [5, 5.41) is 3.88. The highest BCUT2D eigenvalue weighted by Gasteiger charge is 2.23. The van der Waals surface area contributed by atoms with Crippen LogP contribution in [-0.2, 0) is 0 Å². The number of piperazine rings is 1. The van der Waals surface area contributed by atoms with Crippen LogP contribution in [0.15, 0.2) is 47.1 Å². The lowest BCUT2D eigenvalue weighted by atomic mass is 10.1. The van der Waals surface area contributed by atoms with Crippen molar-refractivity contribution in [3.05, 3.63) is 59.9 Å². The summed E-state index contributed by atoms with van der Waals surface area (Å²) in [5.74, 6) is 1.44. The van der Waals surface area contributed by atoms with Crippen LogP contribution in [0.1, 0.15) is 16.2 Å². The van der Waals surface area contributed by atoms with Crippen molar-refractivity contribution in [2.24, 2.45) is 0 Å². The van der Waals surface area contributed by atoms with Crippen molar-refractivity contribution >= 4 is 11.7 Å². The van der Waals surface area contributed by atoms with E-state index in [9.17, 15) is 9.18 Å². The summed E-state index contributed by atoms with van der Waals surface area (Å²) < 4.78 is 18.0. The molecular formula is C19H18FN5O2. The number of pyridine rings is 1. The molecule has 1 fully saturated rings. The Labute approximate surface area is 155 Å². The number of amides is 1. The van der Waals surface area contributed by atoms with Crippen LogP contribution in [0.2, 0.25) is 0 Å². The SMILES string of the molecule is Cc1nc(-c2ccc(N3CCN(C(=O)c4ccc(F)cc4)CC3)nc2)no1. The van der Waals surface area contributed by atoms with Gasteiger partial charge in [0.1, 0.15) is 11.6 Å². The van der Waals surface area contributed by atoms with E-state index in [1.54, 1.807) is 18.0 Å². The Morgan fingerprint density at radius 2 is 1.81 bits per heavy atom. The second-order valence-electron chi connectivity index (χ2n) is 6.33. The first kappa shape index (κ1) is 17.1. The van der Waals surface area contributed by atoms with E-state index < -0.39 is 0 Å². The lowest BCUT2D eigenvalue weighted by Crippen LogP contribution is -2.49. The lowest BCUT2D eigenvalue weighted by molar-refractivity contribution is 0.0746. The summed E-state index contributed by atoms with van der Waals surface area (Å²) in [7, 11) is 0. The number of benzene rings is 1. The maximum absolute atomic E-state index is 13.0. The molecule has 2 aromatic heterocycles. The molecule has 1 aliphatic rings. The number of hydrogen-bond acceptors (Lipinski definition) is 6. The number of aromatic nitrogens is 3. The summed E-state index contributed by atoms with van der Waals surface area (Å²) in [6, 6.07) is 9.47. The fourth-order valence-corrected chi connectivity index (χ4v) is 3.04. The fourth-order valence-electron chi connectivity index (χ4n) is 3.04. The fraction of sp³-hybridized carbons (Fsp3) is 0.263. The molecule has 0 saturated carbocycles. The van der Waals surface area contributed by atoms with Gasteiger partial charge in [0, 0.05) is 50.4 Å². The van der Waals surface area contributed by atoms with Gasteiger partial charge in [-0.2, -0.15) is 4.98 Å². The van der Waals surface area contributed by atoms with Gasteiger partial charge in [-0.25, -0.2) is 9.37 Å². The van der Waals surface area contributed by atoms with Crippen LogP contribution < -0.4 is 4.90 Å². The highest BCUT2D eigenvalue weighted by molar-refractivity contribution is 5.94. The zero-order valence-electron chi connectivity index (χ0n) is 14.8. The average molecular weight is 367 g/mol. The average Bonchev–Trinajstić information content (AvgIpc) is 3.15. The molecular weight excluding hydrogens is 349 g/mol. The minimum Gasteiger partial charge on any atom is -0.353 e. The van der Waals surface area contributed by atoms with Crippen molar-refractivity contribution < 1.29 is 13.7 Å². The summed E-state index contributed by atoms with van der Waals surface area (Å²) in [6.07, 6.45) is 1.72. The van der Waals surface area contributed by atoms with Crippen LogP contribution >= 0.6 is 0 Å². The predicted molar refractivity (Wildman–Crippen MR) is 96.8 cm³/mol. The molecule has 4 rings (SSSR count). The molecule has 3 aromatic rings. The van der Waals surface area contributed by atoms with Gasteiger partial charge < -0.3 is 14.3 Å². The van der Waals surface area contributed by atoms with Gasteiger partial charge in [0.25, 0.3) is 5.91 Å². The summed E-state index contributed by atoms with van der Waals surface area (Å²) in [5.41, 5.74) is 1.29. The van der Waals surface area contributed by atoms with Gasteiger partial charge in [0.05, 0.1) is 0 Å². The van der Waals surface area contributed by atoms with E-state index in [2.05, 4.69) is 20.0 Å². The topological polar surface area (TPSA) is 75.4 Å². The Kier molecular flexibility index (Phi) is 4.53. The molecule has 1 aliphatic heterocycles. The number of nitrogens with zero attached hydrogens (tertiary/aromatic N) is 5. The molecule has 0 aliphatic carbocycles. The Balaban J connectivity index is 1.39. The summed E-state index contributed by atoms with van der Waals surface area (Å²) >= 11 is 0. The van der Waals surface area contributed by atoms with E-state index >= 15 is 0 Å². The van der Waals surface area contributed by atoms with Gasteiger partial charge in [0.2, 0.25) is 11.7 Å². The van der Waals surface area contributed by atoms with Crippen LogP contribution in [-0.4, -0.2) is 52.1 Å². The minimum absolute atomic E-state index is 0.0783. The van der Waals surface area contributed by atoms with E-state index in [0.717, 1.165) is 11.4 Å². The highest BCUT2D eigenvalue weighted by atomic mass is 19.1. The van der Waals surface area contributed by atoms with Crippen molar-refractivity contribution in [1.29, 1.82) is 0 Å². The van der Waals surface area contributed by atoms with Gasteiger partial charge in [-0.1, -0.05) is 5.16 Å². The second-order valence-corrected chi connectivity index (χ2v) is 6.33. The first-order valence-electron chi connectivity index (χ1n) is 8.67. The normalized spacial score (nSPS) is 14.4. The van der Waals surface area contributed by atoms with Crippen LogP contribution in [0.4, 0.5) is 10.2 Å². The van der Waals surface area contributed by atoms with E-state index in [1.807, 2.05) is 12.1 Å². The number of hydrogen-bond donors (Lipinski definition) is 0. The van der Waals surface area contributed by atoms with Crippen LogP contribution in [0.3, 0.4) is 0 Å². The van der Waals surface area contributed by atoms with Gasteiger partial charge >= 0.3 is 0 Å². The first-order chi connectivity index (χ1) is 13.1. The third kappa shape index (κ3) is 3.64. The molecule has 8 heteroatoms. The molecule has 1 amide bonds. The van der Waals surface area contributed by atoms with E-state index in [0.29, 0.717) is 43.5 Å². The maximum Gasteiger partial charge on any atom is 0.253 e. The van der Waals surface area contributed by atoms with Crippen molar-refractivity contribution in [3.63, 3.8) is 0 Å². The number of carbonyl (C=O) groups excluding carboxylic acids is 1. The highest BCUT2D eigenvalue weighted by Crippen LogP contribution is 2.20. The minimum atomic E-state index is -0.345. The number of rotatable bonds is 3. The molecule has 0 atom stereocenters.